The minimum atomic E-state index is 0. The van der Waals surface area contributed by atoms with Crippen LogP contribution >= 0.6 is 24.0 Å². The molecule has 7 heteroatoms. The molecule has 1 aliphatic heterocycles. The minimum Gasteiger partial charge on any atom is -0.359 e. The van der Waals surface area contributed by atoms with Gasteiger partial charge in [0.25, 0.3) is 0 Å². The smallest absolute Gasteiger partial charge is 0.191 e. The number of aliphatic imine (C=N–C) groups is 1. The van der Waals surface area contributed by atoms with Crippen LogP contribution in [0.3, 0.4) is 0 Å². The molecule has 0 saturated carbocycles. The van der Waals surface area contributed by atoms with Gasteiger partial charge < -0.3 is 20.1 Å². The van der Waals surface area contributed by atoms with Gasteiger partial charge in [-0.3, -0.25) is 4.99 Å². The average molecular weight is 491 g/mol. The Morgan fingerprint density at radius 1 is 1.33 bits per heavy atom. The number of nitrogens with zero attached hydrogens (tertiary/aromatic N) is 3. The van der Waals surface area contributed by atoms with Gasteiger partial charge in [0.15, 0.2) is 11.7 Å². The molecule has 1 aromatic heterocycles. The Bertz CT molecular complexity index is 544. The zero-order valence-corrected chi connectivity index (χ0v) is 19.8. The van der Waals surface area contributed by atoms with E-state index in [-0.39, 0.29) is 24.0 Å². The second kappa shape index (κ2) is 13.4. The third-order valence-electron chi connectivity index (χ3n) is 5.49. The van der Waals surface area contributed by atoms with Crippen molar-refractivity contribution >= 4 is 29.9 Å². The lowest BCUT2D eigenvalue weighted by atomic mass is 9.99. The Kier molecular flexibility index (Phi) is 12.0. The summed E-state index contributed by atoms with van der Waals surface area (Å²) >= 11 is 0. The van der Waals surface area contributed by atoms with Crippen molar-refractivity contribution in [2.24, 2.45) is 4.99 Å². The van der Waals surface area contributed by atoms with E-state index < -0.39 is 0 Å². The van der Waals surface area contributed by atoms with Gasteiger partial charge in [0.05, 0.1) is 12.2 Å². The summed E-state index contributed by atoms with van der Waals surface area (Å²) < 4.78 is 5.46. The lowest BCUT2D eigenvalue weighted by Crippen LogP contribution is -2.41. The van der Waals surface area contributed by atoms with Crippen molar-refractivity contribution in [1.29, 1.82) is 0 Å². The predicted molar refractivity (Wildman–Crippen MR) is 123 cm³/mol. The number of hydrogen-bond donors (Lipinski definition) is 2. The monoisotopic (exact) mass is 491 g/mol. The summed E-state index contributed by atoms with van der Waals surface area (Å²) in [6.45, 7) is 10.7. The van der Waals surface area contributed by atoms with Gasteiger partial charge in [-0.1, -0.05) is 25.4 Å². The molecule has 1 fully saturated rings. The van der Waals surface area contributed by atoms with Gasteiger partial charge in [0.1, 0.15) is 0 Å². The van der Waals surface area contributed by atoms with Crippen molar-refractivity contribution in [1.82, 2.24) is 20.7 Å². The average Bonchev–Trinajstić information content (AvgIpc) is 3.12. The first-order chi connectivity index (χ1) is 12.7. The molecule has 0 bridgehead atoms. The molecule has 6 nitrogen and oxygen atoms in total. The first-order valence-corrected chi connectivity index (χ1v) is 10.3. The lowest BCUT2D eigenvalue weighted by Gasteiger charge is -2.33. The van der Waals surface area contributed by atoms with Crippen molar-refractivity contribution in [3.8, 4) is 0 Å². The molecule has 0 amide bonds. The fourth-order valence-electron chi connectivity index (χ4n) is 3.68. The molecular weight excluding hydrogens is 453 g/mol. The number of aromatic nitrogens is 1. The summed E-state index contributed by atoms with van der Waals surface area (Å²) in [4.78, 5) is 6.90. The van der Waals surface area contributed by atoms with E-state index in [9.17, 15) is 0 Å². The standard InChI is InChI=1S/C20H37N5O.HI/c1-5-17(6-2)19-14-18(26-24-19)15-23-20(21-4)22-11-9-13-25-12-8-7-10-16(25)3;/h14,16-17H,5-13,15H2,1-4H3,(H2,21,22,23);1H. The fraction of sp³-hybridized carbons (Fsp3) is 0.800. The molecule has 2 N–H and O–H groups in total. The number of halogens is 1. The van der Waals surface area contributed by atoms with Crippen molar-refractivity contribution < 1.29 is 4.52 Å². The number of rotatable bonds is 9. The number of likely N-dealkylation sites (tertiary alicyclic amines) is 1. The first-order valence-electron chi connectivity index (χ1n) is 10.3. The van der Waals surface area contributed by atoms with Gasteiger partial charge in [-0.25, -0.2) is 0 Å². The van der Waals surface area contributed by atoms with Gasteiger partial charge in [0.2, 0.25) is 0 Å². The quantitative estimate of drug-likeness (QED) is 0.236. The van der Waals surface area contributed by atoms with E-state index >= 15 is 0 Å². The molecule has 0 aromatic carbocycles. The van der Waals surface area contributed by atoms with E-state index in [1.807, 2.05) is 0 Å². The molecule has 2 rings (SSSR count). The topological polar surface area (TPSA) is 65.7 Å². The van der Waals surface area contributed by atoms with Crippen LogP contribution < -0.4 is 10.6 Å². The molecular formula is C20H38IN5O. The van der Waals surface area contributed by atoms with Crippen LogP contribution in [0.15, 0.2) is 15.6 Å². The highest BCUT2D eigenvalue weighted by atomic mass is 127. The van der Waals surface area contributed by atoms with E-state index in [4.69, 9.17) is 4.52 Å². The molecule has 1 aromatic rings. The highest BCUT2D eigenvalue weighted by Crippen LogP contribution is 2.22. The molecule has 0 radical (unpaired) electrons. The van der Waals surface area contributed by atoms with Gasteiger partial charge in [0, 0.05) is 38.2 Å². The van der Waals surface area contributed by atoms with Crippen molar-refractivity contribution in [3.05, 3.63) is 17.5 Å². The molecule has 1 aliphatic rings. The molecule has 0 spiro atoms. The van der Waals surface area contributed by atoms with E-state index in [1.165, 1.54) is 25.8 Å². The normalized spacial score (nSPS) is 18.4. The van der Waals surface area contributed by atoms with Gasteiger partial charge >= 0.3 is 0 Å². The van der Waals surface area contributed by atoms with E-state index in [0.29, 0.717) is 12.5 Å². The summed E-state index contributed by atoms with van der Waals surface area (Å²) in [5, 5.41) is 10.9. The molecule has 1 atom stereocenters. The Balaban J connectivity index is 0.00000364. The maximum atomic E-state index is 5.46. The number of guanidine groups is 1. The Morgan fingerprint density at radius 3 is 2.78 bits per heavy atom. The van der Waals surface area contributed by atoms with Crippen LogP contribution in [-0.2, 0) is 6.54 Å². The Hall–Kier alpha value is -0.830. The summed E-state index contributed by atoms with van der Waals surface area (Å²) in [5.41, 5.74) is 1.06. The van der Waals surface area contributed by atoms with Crippen LogP contribution in [0.2, 0.25) is 0 Å². The van der Waals surface area contributed by atoms with Crippen LogP contribution in [-0.4, -0.2) is 48.7 Å². The number of hydrogen-bond acceptors (Lipinski definition) is 4. The highest BCUT2D eigenvalue weighted by molar-refractivity contribution is 14.0. The Morgan fingerprint density at radius 2 is 2.11 bits per heavy atom. The molecule has 156 valence electrons. The Labute approximate surface area is 181 Å². The summed E-state index contributed by atoms with van der Waals surface area (Å²) in [7, 11) is 1.80. The maximum Gasteiger partial charge on any atom is 0.191 e. The lowest BCUT2D eigenvalue weighted by molar-refractivity contribution is 0.159. The van der Waals surface area contributed by atoms with Crippen LogP contribution in [0.25, 0.3) is 0 Å². The van der Waals surface area contributed by atoms with Crippen LogP contribution in [0.5, 0.6) is 0 Å². The number of nitrogens with one attached hydrogen (secondary N) is 2. The SMILES string of the molecule is CCC(CC)c1cc(CNC(=NC)NCCCN2CCCCC2C)on1.I. The molecule has 0 aliphatic carbocycles. The third-order valence-corrected chi connectivity index (χ3v) is 5.49. The summed E-state index contributed by atoms with van der Waals surface area (Å²) in [5.74, 6) is 2.16. The predicted octanol–water partition coefficient (Wildman–Crippen LogP) is 4.13. The van der Waals surface area contributed by atoms with E-state index in [0.717, 1.165) is 55.8 Å². The molecule has 1 saturated heterocycles. The number of piperidine rings is 1. The van der Waals surface area contributed by atoms with Crippen molar-refractivity contribution in [3.63, 3.8) is 0 Å². The third kappa shape index (κ3) is 7.97. The second-order valence-electron chi connectivity index (χ2n) is 7.32. The van der Waals surface area contributed by atoms with Gasteiger partial charge in [-0.05, 0) is 45.6 Å². The molecule has 1 unspecified atom stereocenters. The summed E-state index contributed by atoms with van der Waals surface area (Å²) in [6, 6.07) is 2.80. The second-order valence-corrected chi connectivity index (χ2v) is 7.32. The minimum absolute atomic E-state index is 0. The molecule has 27 heavy (non-hydrogen) atoms. The fourth-order valence-corrected chi connectivity index (χ4v) is 3.68. The summed E-state index contributed by atoms with van der Waals surface area (Å²) in [6.07, 6.45) is 7.38. The van der Waals surface area contributed by atoms with Crippen LogP contribution in [0.1, 0.15) is 76.7 Å². The van der Waals surface area contributed by atoms with Gasteiger partial charge in [-0.15, -0.1) is 24.0 Å². The van der Waals surface area contributed by atoms with Crippen LogP contribution in [0.4, 0.5) is 0 Å². The molecule has 2 heterocycles. The zero-order chi connectivity index (χ0) is 18.8. The largest absolute Gasteiger partial charge is 0.359 e. The van der Waals surface area contributed by atoms with Gasteiger partial charge in [-0.2, -0.15) is 0 Å². The van der Waals surface area contributed by atoms with Crippen molar-refractivity contribution in [2.75, 3.05) is 26.7 Å². The van der Waals surface area contributed by atoms with E-state index in [1.54, 1.807) is 7.05 Å². The van der Waals surface area contributed by atoms with Crippen molar-refractivity contribution in [2.45, 2.75) is 77.8 Å². The first kappa shape index (κ1) is 24.2. The maximum absolute atomic E-state index is 5.46. The zero-order valence-electron chi connectivity index (χ0n) is 17.5. The highest BCUT2D eigenvalue weighted by Gasteiger charge is 2.17. The van der Waals surface area contributed by atoms with Crippen LogP contribution in [0, 0.1) is 0 Å². The van der Waals surface area contributed by atoms with E-state index in [2.05, 4.69) is 52.5 Å².